The molecule has 1 aliphatic rings. The number of hydrogen-bond donors (Lipinski definition) is 1. The number of benzene rings is 1. The van der Waals surface area contributed by atoms with Crippen molar-refractivity contribution < 1.29 is 0 Å². The van der Waals surface area contributed by atoms with E-state index >= 15 is 0 Å². The molecule has 0 aromatic heterocycles. The molecule has 2 rings (SSSR count). The van der Waals surface area contributed by atoms with E-state index in [1.54, 1.807) is 6.07 Å². The summed E-state index contributed by atoms with van der Waals surface area (Å²) in [5, 5.41) is 9.01. The Hall–Kier alpha value is -1.69. The van der Waals surface area contributed by atoms with Gasteiger partial charge in [0.05, 0.1) is 23.0 Å². The molecule has 1 aromatic carbocycles. The summed E-state index contributed by atoms with van der Waals surface area (Å²) in [6, 6.07) is 8.36. The van der Waals surface area contributed by atoms with Crippen molar-refractivity contribution in [3.63, 3.8) is 0 Å². The van der Waals surface area contributed by atoms with Crippen LogP contribution in [0, 0.1) is 11.3 Å². The van der Waals surface area contributed by atoms with Crippen LogP contribution in [0.3, 0.4) is 0 Å². The van der Waals surface area contributed by atoms with Crippen molar-refractivity contribution >= 4 is 11.4 Å². The molecule has 3 nitrogen and oxygen atoms in total. The van der Waals surface area contributed by atoms with E-state index in [0.29, 0.717) is 11.6 Å². The quantitative estimate of drug-likeness (QED) is 0.829. The van der Waals surface area contributed by atoms with Crippen molar-refractivity contribution in [2.45, 2.75) is 45.1 Å². The Morgan fingerprint density at radius 2 is 2.28 bits per heavy atom. The zero-order valence-corrected chi connectivity index (χ0v) is 11.0. The maximum absolute atomic E-state index is 9.01. The van der Waals surface area contributed by atoms with Crippen molar-refractivity contribution in [1.29, 1.82) is 5.26 Å². The minimum atomic E-state index is 0.583. The molecule has 18 heavy (non-hydrogen) atoms. The lowest BCUT2D eigenvalue weighted by Crippen LogP contribution is -2.39. The maximum Gasteiger partial charge on any atom is 0.0992 e. The average Bonchev–Trinajstić information content (AvgIpc) is 2.41. The van der Waals surface area contributed by atoms with Gasteiger partial charge in [-0.2, -0.15) is 5.26 Å². The van der Waals surface area contributed by atoms with Gasteiger partial charge in [0, 0.05) is 12.6 Å². The fraction of sp³-hybridized carbons (Fsp3) is 0.533. The summed E-state index contributed by atoms with van der Waals surface area (Å²) in [5.74, 6) is 0. The number of nitrogens with two attached hydrogens (primary N) is 1. The van der Waals surface area contributed by atoms with E-state index in [1.807, 2.05) is 12.1 Å². The van der Waals surface area contributed by atoms with Gasteiger partial charge >= 0.3 is 0 Å². The predicted octanol–water partition coefficient (Wildman–Crippen LogP) is 3.30. The number of piperidine rings is 1. The first-order chi connectivity index (χ1) is 8.76. The summed E-state index contributed by atoms with van der Waals surface area (Å²) in [6.45, 7) is 3.28. The van der Waals surface area contributed by atoms with Crippen LogP contribution in [0.2, 0.25) is 0 Å². The fourth-order valence-electron chi connectivity index (χ4n) is 2.81. The Bertz CT molecular complexity index is 446. The summed E-state index contributed by atoms with van der Waals surface area (Å²) in [7, 11) is 0. The van der Waals surface area contributed by atoms with Gasteiger partial charge in [-0.1, -0.05) is 13.3 Å². The normalized spacial score (nSPS) is 19.6. The van der Waals surface area contributed by atoms with Crippen LogP contribution in [0.5, 0.6) is 0 Å². The zero-order chi connectivity index (χ0) is 13.0. The smallest absolute Gasteiger partial charge is 0.0992 e. The zero-order valence-electron chi connectivity index (χ0n) is 11.0. The van der Waals surface area contributed by atoms with Gasteiger partial charge < -0.3 is 10.6 Å². The van der Waals surface area contributed by atoms with Gasteiger partial charge in [-0.05, 0) is 43.9 Å². The van der Waals surface area contributed by atoms with Gasteiger partial charge in [0.15, 0.2) is 0 Å². The predicted molar refractivity (Wildman–Crippen MR) is 75.5 cm³/mol. The molecule has 1 aromatic rings. The molecule has 1 fully saturated rings. The van der Waals surface area contributed by atoms with Crippen molar-refractivity contribution in [3.05, 3.63) is 23.8 Å². The van der Waals surface area contributed by atoms with Gasteiger partial charge in [-0.15, -0.1) is 0 Å². The van der Waals surface area contributed by atoms with Crippen LogP contribution in [0.15, 0.2) is 18.2 Å². The number of nitrogens with zero attached hydrogens (tertiary/aromatic N) is 2. The van der Waals surface area contributed by atoms with E-state index in [9.17, 15) is 0 Å². The monoisotopic (exact) mass is 243 g/mol. The SMILES string of the molecule is CCCC1CCCCN1c1cc(C#N)ccc1N. The molecule has 1 aliphatic heterocycles. The third-order valence-corrected chi connectivity index (χ3v) is 3.72. The summed E-state index contributed by atoms with van der Waals surface area (Å²) in [5.41, 5.74) is 8.61. The fourth-order valence-corrected chi connectivity index (χ4v) is 2.81. The molecule has 0 spiro atoms. The van der Waals surface area contributed by atoms with Crippen molar-refractivity contribution in [2.75, 3.05) is 17.2 Å². The molecular weight excluding hydrogens is 222 g/mol. The highest BCUT2D eigenvalue weighted by atomic mass is 15.2. The maximum atomic E-state index is 9.01. The van der Waals surface area contributed by atoms with Crippen LogP contribution in [0.25, 0.3) is 0 Å². The minimum Gasteiger partial charge on any atom is -0.397 e. The molecule has 2 N–H and O–H groups in total. The third-order valence-electron chi connectivity index (χ3n) is 3.72. The Balaban J connectivity index is 2.30. The molecule has 0 radical (unpaired) electrons. The molecule has 1 heterocycles. The topological polar surface area (TPSA) is 53.0 Å². The van der Waals surface area contributed by atoms with Crippen LogP contribution in [-0.2, 0) is 0 Å². The Morgan fingerprint density at radius 3 is 3.00 bits per heavy atom. The van der Waals surface area contributed by atoms with E-state index in [4.69, 9.17) is 11.0 Å². The standard InChI is InChI=1S/C15H21N3/c1-2-5-13-6-3-4-9-18(13)15-10-12(11-16)7-8-14(15)17/h7-8,10,13H,2-6,9,17H2,1H3. The van der Waals surface area contributed by atoms with Crippen LogP contribution in [-0.4, -0.2) is 12.6 Å². The molecule has 0 bridgehead atoms. The van der Waals surface area contributed by atoms with Crippen LogP contribution in [0.1, 0.15) is 44.6 Å². The molecular formula is C15H21N3. The largest absolute Gasteiger partial charge is 0.397 e. The van der Waals surface area contributed by atoms with Gasteiger partial charge in [0.2, 0.25) is 0 Å². The first-order valence-electron chi connectivity index (χ1n) is 6.82. The lowest BCUT2D eigenvalue weighted by Gasteiger charge is -2.38. The highest BCUT2D eigenvalue weighted by Crippen LogP contribution is 2.32. The van der Waals surface area contributed by atoms with Gasteiger partial charge in [-0.25, -0.2) is 0 Å². The summed E-state index contributed by atoms with van der Waals surface area (Å²) < 4.78 is 0. The van der Waals surface area contributed by atoms with Gasteiger partial charge in [-0.3, -0.25) is 0 Å². The molecule has 1 unspecified atom stereocenters. The molecule has 96 valence electrons. The van der Waals surface area contributed by atoms with Gasteiger partial charge in [0.25, 0.3) is 0 Å². The van der Waals surface area contributed by atoms with E-state index in [0.717, 1.165) is 17.9 Å². The molecule has 1 saturated heterocycles. The summed E-state index contributed by atoms with van der Waals surface area (Å²) >= 11 is 0. The van der Waals surface area contributed by atoms with Gasteiger partial charge in [0.1, 0.15) is 0 Å². The number of nitriles is 1. The first-order valence-corrected chi connectivity index (χ1v) is 6.82. The second-order valence-corrected chi connectivity index (χ2v) is 5.02. The molecule has 3 heteroatoms. The number of nitrogen functional groups attached to an aromatic ring is 1. The number of rotatable bonds is 3. The lowest BCUT2D eigenvalue weighted by atomic mass is 9.97. The average molecular weight is 243 g/mol. The third kappa shape index (κ3) is 2.59. The highest BCUT2D eigenvalue weighted by molar-refractivity contribution is 5.70. The van der Waals surface area contributed by atoms with Crippen molar-refractivity contribution in [3.8, 4) is 6.07 Å². The Labute approximate surface area is 109 Å². The van der Waals surface area contributed by atoms with Crippen molar-refractivity contribution in [1.82, 2.24) is 0 Å². The summed E-state index contributed by atoms with van der Waals surface area (Å²) in [4.78, 5) is 2.41. The van der Waals surface area contributed by atoms with Crippen LogP contribution in [0.4, 0.5) is 11.4 Å². The minimum absolute atomic E-state index is 0.583. The highest BCUT2D eigenvalue weighted by Gasteiger charge is 2.23. The van der Waals surface area contributed by atoms with E-state index in [2.05, 4.69) is 17.9 Å². The molecule has 1 atom stereocenters. The van der Waals surface area contributed by atoms with Crippen molar-refractivity contribution in [2.24, 2.45) is 0 Å². The second kappa shape index (κ2) is 5.77. The number of hydrogen-bond acceptors (Lipinski definition) is 3. The van der Waals surface area contributed by atoms with E-state index in [1.165, 1.54) is 32.1 Å². The van der Waals surface area contributed by atoms with Crippen LogP contribution < -0.4 is 10.6 Å². The first kappa shape index (κ1) is 12.8. The molecule has 0 saturated carbocycles. The summed E-state index contributed by atoms with van der Waals surface area (Å²) in [6.07, 6.45) is 6.16. The molecule has 0 aliphatic carbocycles. The Morgan fingerprint density at radius 1 is 1.44 bits per heavy atom. The second-order valence-electron chi connectivity index (χ2n) is 5.02. The van der Waals surface area contributed by atoms with Crippen LogP contribution >= 0.6 is 0 Å². The molecule has 0 amide bonds. The van der Waals surface area contributed by atoms with E-state index < -0.39 is 0 Å². The lowest BCUT2D eigenvalue weighted by molar-refractivity contribution is 0.435. The van der Waals surface area contributed by atoms with E-state index in [-0.39, 0.29) is 0 Å². The number of anilines is 2. The Kier molecular flexibility index (Phi) is 4.09.